The van der Waals surface area contributed by atoms with Crippen LogP contribution in [0, 0.1) is 6.92 Å². The Morgan fingerprint density at radius 3 is 2.52 bits per heavy atom. The smallest absolute Gasteiger partial charge is 0.250 e. The van der Waals surface area contributed by atoms with Crippen LogP contribution in [0.25, 0.3) is 0 Å². The topological polar surface area (TPSA) is 88.2 Å². The van der Waals surface area contributed by atoms with Crippen LogP contribution in [0.5, 0.6) is 0 Å². The Balaban J connectivity index is 2.04. The summed E-state index contributed by atoms with van der Waals surface area (Å²) < 4.78 is 4.77. The molecule has 0 aliphatic rings. The lowest BCUT2D eigenvalue weighted by atomic mass is 10.3. The fraction of sp³-hybridized carbons (Fsp3) is 0.312. The van der Waals surface area contributed by atoms with Crippen LogP contribution in [0.15, 0.2) is 30.3 Å². The molecule has 1 amide bonds. The highest BCUT2D eigenvalue weighted by Gasteiger charge is 2.04. The van der Waals surface area contributed by atoms with E-state index in [4.69, 9.17) is 4.74 Å². The molecule has 7 heteroatoms. The van der Waals surface area contributed by atoms with Crippen molar-refractivity contribution < 1.29 is 9.53 Å². The van der Waals surface area contributed by atoms with Crippen molar-refractivity contribution in [2.75, 3.05) is 36.2 Å². The summed E-state index contributed by atoms with van der Waals surface area (Å²) in [6, 6.07) is 9.19. The van der Waals surface area contributed by atoms with Crippen molar-refractivity contribution in [1.82, 2.24) is 9.97 Å². The number of nitrogens with one attached hydrogen (secondary N) is 3. The van der Waals surface area contributed by atoms with Crippen LogP contribution < -0.4 is 16.0 Å². The van der Waals surface area contributed by atoms with Gasteiger partial charge in [0.15, 0.2) is 0 Å². The Bertz CT molecular complexity index is 658. The van der Waals surface area contributed by atoms with Crippen molar-refractivity contribution in [2.45, 2.75) is 13.8 Å². The molecular weight excluding hydrogens is 294 g/mol. The maximum absolute atomic E-state index is 11.4. The number of anilines is 4. The SMILES string of the molecule is CCNc1cc(C)nc(Nc2ccc(NC(=O)COC)cc2)n1. The number of aryl methyl sites for hydroxylation is 1. The van der Waals surface area contributed by atoms with Gasteiger partial charge in [0.1, 0.15) is 12.4 Å². The number of aromatic nitrogens is 2. The molecule has 0 unspecified atom stereocenters. The molecule has 0 saturated carbocycles. The van der Waals surface area contributed by atoms with Crippen LogP contribution in [0.2, 0.25) is 0 Å². The van der Waals surface area contributed by atoms with E-state index in [9.17, 15) is 4.79 Å². The molecule has 0 saturated heterocycles. The summed E-state index contributed by atoms with van der Waals surface area (Å²) in [7, 11) is 1.48. The van der Waals surface area contributed by atoms with Crippen LogP contribution in [-0.2, 0) is 9.53 Å². The van der Waals surface area contributed by atoms with Gasteiger partial charge in [0.05, 0.1) is 0 Å². The standard InChI is InChI=1S/C16H21N5O2/c1-4-17-14-9-11(2)18-16(21-14)20-13-7-5-12(6-8-13)19-15(22)10-23-3/h5-9H,4,10H2,1-3H3,(H,19,22)(H2,17,18,20,21). The lowest BCUT2D eigenvalue weighted by molar-refractivity contribution is -0.119. The summed E-state index contributed by atoms with van der Waals surface area (Å²) in [5.74, 6) is 1.12. The molecule has 0 aliphatic heterocycles. The quantitative estimate of drug-likeness (QED) is 0.728. The van der Waals surface area contributed by atoms with Crippen molar-refractivity contribution >= 4 is 29.0 Å². The first-order valence-corrected chi connectivity index (χ1v) is 7.36. The normalized spacial score (nSPS) is 10.2. The second kappa shape index (κ2) is 8.09. The van der Waals surface area contributed by atoms with E-state index in [1.165, 1.54) is 7.11 Å². The van der Waals surface area contributed by atoms with Crippen LogP contribution in [-0.4, -0.2) is 36.1 Å². The molecule has 122 valence electrons. The molecule has 0 bridgehead atoms. The van der Waals surface area contributed by atoms with Gasteiger partial charge in [-0.3, -0.25) is 4.79 Å². The van der Waals surface area contributed by atoms with E-state index in [1.807, 2.05) is 32.0 Å². The van der Waals surface area contributed by atoms with Gasteiger partial charge in [-0.2, -0.15) is 4.98 Å². The lowest BCUT2D eigenvalue weighted by Crippen LogP contribution is -2.16. The third-order valence-corrected chi connectivity index (χ3v) is 2.91. The monoisotopic (exact) mass is 315 g/mol. The number of hydrogen-bond donors (Lipinski definition) is 3. The Morgan fingerprint density at radius 2 is 1.87 bits per heavy atom. The molecular formula is C16H21N5O2. The van der Waals surface area contributed by atoms with E-state index in [2.05, 4.69) is 25.9 Å². The molecule has 1 aromatic carbocycles. The molecule has 7 nitrogen and oxygen atoms in total. The first kappa shape index (κ1) is 16.7. The van der Waals surface area contributed by atoms with Crippen molar-refractivity contribution in [3.05, 3.63) is 36.0 Å². The van der Waals surface area contributed by atoms with E-state index < -0.39 is 0 Å². The molecule has 0 aliphatic carbocycles. The highest BCUT2D eigenvalue weighted by Crippen LogP contribution is 2.18. The van der Waals surface area contributed by atoms with Crippen molar-refractivity contribution in [3.8, 4) is 0 Å². The summed E-state index contributed by atoms with van der Waals surface area (Å²) in [4.78, 5) is 20.2. The van der Waals surface area contributed by atoms with Crippen molar-refractivity contribution in [1.29, 1.82) is 0 Å². The first-order valence-electron chi connectivity index (χ1n) is 7.36. The predicted molar refractivity (Wildman–Crippen MR) is 91.2 cm³/mol. The summed E-state index contributed by atoms with van der Waals surface area (Å²) in [6.07, 6.45) is 0. The number of carbonyl (C=O) groups is 1. The number of ether oxygens (including phenoxy) is 1. The van der Waals surface area contributed by atoms with Gasteiger partial charge in [0.2, 0.25) is 11.9 Å². The van der Waals surface area contributed by atoms with Gasteiger partial charge in [-0.1, -0.05) is 0 Å². The average molecular weight is 315 g/mol. The number of nitrogens with zero attached hydrogens (tertiary/aromatic N) is 2. The molecule has 2 rings (SSSR count). The van der Waals surface area contributed by atoms with Crippen LogP contribution in [0.3, 0.4) is 0 Å². The molecule has 1 heterocycles. The number of amides is 1. The number of methoxy groups -OCH3 is 1. The number of benzene rings is 1. The second-order valence-electron chi connectivity index (χ2n) is 4.93. The third-order valence-electron chi connectivity index (χ3n) is 2.91. The van der Waals surface area contributed by atoms with Gasteiger partial charge in [0.25, 0.3) is 0 Å². The minimum atomic E-state index is -0.189. The fourth-order valence-corrected chi connectivity index (χ4v) is 1.99. The zero-order valence-electron chi connectivity index (χ0n) is 13.5. The average Bonchev–Trinajstić information content (AvgIpc) is 2.49. The van der Waals surface area contributed by atoms with E-state index in [0.29, 0.717) is 11.6 Å². The minimum Gasteiger partial charge on any atom is -0.375 e. The van der Waals surface area contributed by atoms with Gasteiger partial charge in [-0.05, 0) is 38.1 Å². The summed E-state index contributed by atoms with van der Waals surface area (Å²) in [5.41, 5.74) is 2.42. The molecule has 0 radical (unpaired) electrons. The highest BCUT2D eigenvalue weighted by atomic mass is 16.5. The van der Waals surface area contributed by atoms with Gasteiger partial charge in [0, 0.05) is 36.8 Å². The van der Waals surface area contributed by atoms with Gasteiger partial charge in [-0.15, -0.1) is 0 Å². The van der Waals surface area contributed by atoms with E-state index >= 15 is 0 Å². The van der Waals surface area contributed by atoms with Gasteiger partial charge < -0.3 is 20.7 Å². The minimum absolute atomic E-state index is 0.0321. The predicted octanol–water partition coefficient (Wildman–Crippen LogP) is 2.55. The largest absolute Gasteiger partial charge is 0.375 e. The Hall–Kier alpha value is -2.67. The van der Waals surface area contributed by atoms with Gasteiger partial charge >= 0.3 is 0 Å². The molecule has 3 N–H and O–H groups in total. The third kappa shape index (κ3) is 5.23. The molecule has 0 fully saturated rings. The van der Waals surface area contributed by atoms with E-state index in [-0.39, 0.29) is 12.5 Å². The molecule has 0 spiro atoms. The molecule has 2 aromatic rings. The zero-order valence-corrected chi connectivity index (χ0v) is 13.5. The maximum Gasteiger partial charge on any atom is 0.250 e. The first-order chi connectivity index (χ1) is 11.1. The molecule has 1 aromatic heterocycles. The Morgan fingerprint density at radius 1 is 1.17 bits per heavy atom. The number of hydrogen-bond acceptors (Lipinski definition) is 6. The number of rotatable bonds is 7. The Labute approximate surface area is 135 Å². The summed E-state index contributed by atoms with van der Waals surface area (Å²) >= 11 is 0. The van der Waals surface area contributed by atoms with Gasteiger partial charge in [-0.25, -0.2) is 4.98 Å². The zero-order chi connectivity index (χ0) is 16.7. The lowest BCUT2D eigenvalue weighted by Gasteiger charge is -2.10. The fourth-order valence-electron chi connectivity index (χ4n) is 1.99. The van der Waals surface area contributed by atoms with Crippen LogP contribution in [0.4, 0.5) is 23.1 Å². The van der Waals surface area contributed by atoms with Crippen LogP contribution in [0.1, 0.15) is 12.6 Å². The highest BCUT2D eigenvalue weighted by molar-refractivity contribution is 5.91. The van der Waals surface area contributed by atoms with Crippen molar-refractivity contribution in [3.63, 3.8) is 0 Å². The van der Waals surface area contributed by atoms with E-state index in [1.54, 1.807) is 12.1 Å². The molecule has 23 heavy (non-hydrogen) atoms. The Kier molecular flexibility index (Phi) is 5.87. The molecule has 0 atom stereocenters. The summed E-state index contributed by atoms with van der Waals surface area (Å²) in [5, 5.41) is 9.05. The number of carbonyl (C=O) groups excluding carboxylic acids is 1. The van der Waals surface area contributed by atoms with E-state index in [0.717, 1.165) is 23.7 Å². The van der Waals surface area contributed by atoms with Crippen LogP contribution >= 0.6 is 0 Å². The second-order valence-corrected chi connectivity index (χ2v) is 4.93. The summed E-state index contributed by atoms with van der Waals surface area (Å²) in [6.45, 7) is 4.76. The van der Waals surface area contributed by atoms with Crippen molar-refractivity contribution in [2.24, 2.45) is 0 Å². The maximum atomic E-state index is 11.4.